The first-order valence-electron chi connectivity index (χ1n) is 10.5. The molecule has 0 atom stereocenters. The van der Waals surface area contributed by atoms with Crippen LogP contribution < -0.4 is 21.1 Å². The second-order valence-corrected chi connectivity index (χ2v) is 8.65. The highest BCUT2D eigenvalue weighted by atomic mass is 16.5. The molecule has 144 valence electrons. The summed E-state index contributed by atoms with van der Waals surface area (Å²) in [6.07, 6.45) is 2.91. The van der Waals surface area contributed by atoms with Crippen LogP contribution in [0.15, 0.2) is 66.9 Å². The molecule has 0 fully saturated rings. The van der Waals surface area contributed by atoms with Crippen molar-refractivity contribution >= 4 is 23.1 Å². The summed E-state index contributed by atoms with van der Waals surface area (Å²) in [5.41, 5.74) is 12.8. The van der Waals surface area contributed by atoms with Gasteiger partial charge in [0.05, 0.1) is 0 Å². The van der Waals surface area contributed by atoms with E-state index in [0.29, 0.717) is 0 Å². The third kappa shape index (κ3) is 2.55. The lowest BCUT2D eigenvalue weighted by molar-refractivity contribution is 0.487. The van der Waals surface area contributed by atoms with Gasteiger partial charge in [-0.1, -0.05) is 59.1 Å². The Labute approximate surface area is 177 Å². The monoisotopic (exact) mass is 387 g/mol. The first kappa shape index (κ1) is 17.5. The first-order chi connectivity index (χ1) is 14.6. The molecular weight excluding hydrogens is 365 g/mol. The summed E-state index contributed by atoms with van der Waals surface area (Å²) in [7, 11) is 0. The van der Waals surface area contributed by atoms with Gasteiger partial charge in [-0.3, -0.25) is 4.98 Å². The van der Waals surface area contributed by atoms with Crippen LogP contribution in [0.5, 0.6) is 11.5 Å². The number of ether oxygens (including phenoxy) is 1. The summed E-state index contributed by atoms with van der Waals surface area (Å²) < 4.78 is 6.42. The maximum Gasteiger partial charge on any atom is 0.251 e. The van der Waals surface area contributed by atoms with Gasteiger partial charge < -0.3 is 4.74 Å². The molecule has 0 N–H and O–H groups in total. The van der Waals surface area contributed by atoms with Crippen LogP contribution in [-0.4, -0.2) is 11.7 Å². The lowest BCUT2D eigenvalue weighted by atomic mass is 9.32. The summed E-state index contributed by atoms with van der Waals surface area (Å²) in [5, 5.41) is 0. The third-order valence-electron chi connectivity index (χ3n) is 6.50. The zero-order valence-corrected chi connectivity index (χ0v) is 17.5. The standard InChI is InChI=1S/C27H22BNO/c1-16-4-7-19-14-22-21(20-8-6-18(3)29-15-20)9-11-26-27(22)28(23(19)12-16)24-13-17(2)5-10-25(24)30-26/h4-13,15H,14H2,1-3H3. The normalized spacial score (nSPS) is 13.2. The summed E-state index contributed by atoms with van der Waals surface area (Å²) in [4.78, 5) is 4.55. The minimum Gasteiger partial charge on any atom is -0.458 e. The third-order valence-corrected chi connectivity index (χ3v) is 6.50. The molecule has 3 aromatic carbocycles. The largest absolute Gasteiger partial charge is 0.458 e. The van der Waals surface area contributed by atoms with Crippen molar-refractivity contribution in [3.63, 3.8) is 0 Å². The van der Waals surface area contributed by atoms with E-state index >= 15 is 0 Å². The van der Waals surface area contributed by atoms with Crippen LogP contribution in [0.4, 0.5) is 0 Å². The minimum absolute atomic E-state index is 0.209. The Hall–Kier alpha value is -3.33. The highest BCUT2D eigenvalue weighted by molar-refractivity contribution is 6.97. The van der Waals surface area contributed by atoms with Gasteiger partial charge in [0.2, 0.25) is 0 Å². The molecule has 0 spiro atoms. The van der Waals surface area contributed by atoms with Gasteiger partial charge in [0.15, 0.2) is 0 Å². The van der Waals surface area contributed by atoms with E-state index in [9.17, 15) is 0 Å². The molecule has 2 nitrogen and oxygen atoms in total. The van der Waals surface area contributed by atoms with E-state index < -0.39 is 0 Å². The fourth-order valence-electron chi connectivity index (χ4n) is 5.05. The van der Waals surface area contributed by atoms with E-state index in [1.165, 1.54) is 49.8 Å². The molecule has 0 saturated heterocycles. The van der Waals surface area contributed by atoms with Crippen LogP contribution in [-0.2, 0) is 6.42 Å². The molecule has 0 amide bonds. The van der Waals surface area contributed by atoms with Crippen molar-refractivity contribution in [2.75, 3.05) is 0 Å². The van der Waals surface area contributed by atoms with Gasteiger partial charge >= 0.3 is 0 Å². The maximum absolute atomic E-state index is 6.42. The summed E-state index contributed by atoms with van der Waals surface area (Å²) in [5.74, 6) is 1.96. The van der Waals surface area contributed by atoms with Crippen molar-refractivity contribution in [1.29, 1.82) is 0 Å². The molecule has 0 unspecified atom stereocenters. The topological polar surface area (TPSA) is 22.1 Å². The average Bonchev–Trinajstić information content (AvgIpc) is 2.75. The number of aromatic nitrogens is 1. The predicted octanol–water partition coefficient (Wildman–Crippen LogP) is 4.20. The summed E-state index contributed by atoms with van der Waals surface area (Å²) in [6, 6.07) is 22.1. The predicted molar refractivity (Wildman–Crippen MR) is 124 cm³/mol. The average molecular weight is 387 g/mol. The van der Waals surface area contributed by atoms with E-state index in [2.05, 4.69) is 79.5 Å². The fourth-order valence-corrected chi connectivity index (χ4v) is 5.05. The van der Waals surface area contributed by atoms with Crippen LogP contribution in [0.3, 0.4) is 0 Å². The van der Waals surface area contributed by atoms with E-state index in [-0.39, 0.29) is 6.71 Å². The number of hydrogen-bond donors (Lipinski definition) is 0. The Morgan fingerprint density at radius 3 is 2.37 bits per heavy atom. The number of benzene rings is 3. The molecule has 0 aliphatic carbocycles. The molecule has 3 heteroatoms. The van der Waals surface area contributed by atoms with Crippen molar-refractivity contribution < 1.29 is 4.74 Å². The number of pyridine rings is 1. The molecule has 0 saturated carbocycles. The highest BCUT2D eigenvalue weighted by Gasteiger charge is 2.39. The van der Waals surface area contributed by atoms with Crippen LogP contribution in [0.2, 0.25) is 0 Å². The Bertz CT molecular complexity index is 1310. The molecule has 30 heavy (non-hydrogen) atoms. The van der Waals surface area contributed by atoms with Crippen molar-refractivity contribution in [2.45, 2.75) is 27.2 Å². The zero-order chi connectivity index (χ0) is 20.4. The Kier molecular flexibility index (Phi) is 3.70. The van der Waals surface area contributed by atoms with Crippen LogP contribution in [0.25, 0.3) is 11.1 Å². The van der Waals surface area contributed by atoms with E-state index in [0.717, 1.165) is 23.6 Å². The summed E-state index contributed by atoms with van der Waals surface area (Å²) in [6.45, 7) is 6.58. The zero-order valence-electron chi connectivity index (χ0n) is 17.5. The Balaban J connectivity index is 1.66. The molecule has 4 aromatic rings. The van der Waals surface area contributed by atoms with Gasteiger partial charge in [-0.25, -0.2) is 0 Å². The van der Waals surface area contributed by atoms with E-state index in [4.69, 9.17) is 4.74 Å². The lowest BCUT2D eigenvalue weighted by Crippen LogP contribution is -2.59. The molecule has 3 heterocycles. The molecule has 2 aliphatic rings. The van der Waals surface area contributed by atoms with E-state index in [1.807, 2.05) is 13.1 Å². The number of hydrogen-bond acceptors (Lipinski definition) is 2. The summed E-state index contributed by atoms with van der Waals surface area (Å²) >= 11 is 0. The van der Waals surface area contributed by atoms with Crippen molar-refractivity contribution in [2.24, 2.45) is 0 Å². The molecular formula is C27H22BNO. The van der Waals surface area contributed by atoms with Gasteiger partial charge in [0, 0.05) is 17.5 Å². The van der Waals surface area contributed by atoms with E-state index in [1.54, 1.807) is 0 Å². The number of fused-ring (bicyclic) bond motifs is 4. The second kappa shape index (κ2) is 6.34. The van der Waals surface area contributed by atoms with Crippen LogP contribution in [0, 0.1) is 20.8 Å². The van der Waals surface area contributed by atoms with Gasteiger partial charge in [0.1, 0.15) is 11.5 Å². The SMILES string of the molecule is Cc1ccc2c(c1)B1c3cc(C)ccc3Oc3ccc(-c4ccc(C)nc4)c(c31)C2. The van der Waals surface area contributed by atoms with Gasteiger partial charge in [0.25, 0.3) is 6.71 Å². The first-order valence-corrected chi connectivity index (χ1v) is 10.5. The lowest BCUT2D eigenvalue weighted by Gasteiger charge is -2.35. The molecule has 1 aromatic heterocycles. The molecule has 0 bridgehead atoms. The molecule has 6 rings (SSSR count). The molecule has 0 radical (unpaired) electrons. The Morgan fingerprint density at radius 2 is 1.57 bits per heavy atom. The maximum atomic E-state index is 6.42. The van der Waals surface area contributed by atoms with Crippen molar-refractivity contribution in [3.8, 4) is 22.6 Å². The second-order valence-electron chi connectivity index (χ2n) is 8.65. The molecule has 2 aliphatic heterocycles. The van der Waals surface area contributed by atoms with Crippen molar-refractivity contribution in [1.82, 2.24) is 4.98 Å². The number of nitrogens with zero attached hydrogens (tertiary/aromatic N) is 1. The number of aryl methyl sites for hydroxylation is 3. The Morgan fingerprint density at radius 1 is 0.800 bits per heavy atom. The fraction of sp³-hybridized carbons (Fsp3) is 0.148. The smallest absolute Gasteiger partial charge is 0.251 e. The van der Waals surface area contributed by atoms with Crippen LogP contribution in [0.1, 0.15) is 27.9 Å². The van der Waals surface area contributed by atoms with Crippen molar-refractivity contribution in [3.05, 3.63) is 94.8 Å². The van der Waals surface area contributed by atoms with Crippen LogP contribution >= 0.6 is 0 Å². The van der Waals surface area contributed by atoms with Gasteiger partial charge in [-0.2, -0.15) is 0 Å². The quantitative estimate of drug-likeness (QED) is 0.395. The van der Waals surface area contributed by atoms with Gasteiger partial charge in [-0.15, -0.1) is 0 Å². The van der Waals surface area contributed by atoms with Gasteiger partial charge in [-0.05, 0) is 73.0 Å². The minimum atomic E-state index is 0.209. The number of rotatable bonds is 1. The highest BCUT2D eigenvalue weighted by Crippen LogP contribution is 2.35.